The van der Waals surface area contributed by atoms with Gasteiger partial charge in [0.25, 0.3) is 0 Å². The average Bonchev–Trinajstić information content (AvgIpc) is 2.30. The second kappa shape index (κ2) is 2.93. The van der Waals surface area contributed by atoms with Crippen molar-refractivity contribution in [3.63, 3.8) is 0 Å². The summed E-state index contributed by atoms with van der Waals surface area (Å²) in [5.41, 5.74) is 0. The maximum atomic E-state index is 12.0. The lowest BCUT2D eigenvalue weighted by Crippen LogP contribution is -2.44. The van der Waals surface area contributed by atoms with Crippen LogP contribution in [0.4, 0.5) is 13.2 Å². The van der Waals surface area contributed by atoms with E-state index in [4.69, 9.17) is 5.11 Å². The maximum absolute atomic E-state index is 12.0. The Balaban J connectivity index is 2.71. The second-order valence-electron chi connectivity index (χ2n) is 2.71. The number of carbonyl (C=O) groups is 1. The predicted molar refractivity (Wildman–Crippen MR) is 33.6 cm³/mol. The molecule has 0 bridgehead atoms. The number of carboxylic acid groups (broad SMARTS) is 1. The molecule has 0 aliphatic carbocycles. The second-order valence-corrected chi connectivity index (χ2v) is 2.71. The minimum Gasteiger partial charge on any atom is -0.481 e. The Bertz CT molecular complexity index is 192. The maximum Gasteiger partial charge on any atom is 0.404 e. The molecule has 1 aliphatic rings. The number of alkyl halides is 3. The van der Waals surface area contributed by atoms with Gasteiger partial charge in [-0.2, -0.15) is 13.2 Å². The quantitative estimate of drug-likeness (QED) is 0.626. The van der Waals surface area contributed by atoms with Crippen LogP contribution in [0.2, 0.25) is 0 Å². The lowest BCUT2D eigenvalue weighted by atomic mass is 10.0. The molecule has 0 spiro atoms. The summed E-state index contributed by atoms with van der Waals surface area (Å²) in [6, 6.07) is -1.88. The van der Waals surface area contributed by atoms with E-state index in [-0.39, 0.29) is 13.0 Å². The number of carboxylic acids is 1. The highest BCUT2D eigenvalue weighted by molar-refractivity contribution is 5.71. The molecule has 1 rings (SSSR count). The number of nitrogens with one attached hydrogen (secondary N) is 1. The van der Waals surface area contributed by atoms with Gasteiger partial charge in [0.2, 0.25) is 0 Å². The van der Waals surface area contributed by atoms with E-state index < -0.39 is 24.1 Å². The number of hydrogen-bond donors (Lipinski definition) is 2. The van der Waals surface area contributed by atoms with Crippen LogP contribution in [0.5, 0.6) is 0 Å². The first kappa shape index (κ1) is 9.31. The first-order chi connectivity index (χ1) is 5.43. The molecule has 0 saturated carbocycles. The Morgan fingerprint density at radius 1 is 1.50 bits per heavy atom. The minimum atomic E-state index is -4.46. The molecule has 1 fully saturated rings. The highest BCUT2D eigenvalue weighted by atomic mass is 19.4. The summed E-state index contributed by atoms with van der Waals surface area (Å²) >= 11 is 0. The van der Waals surface area contributed by atoms with Crippen LogP contribution in [0.1, 0.15) is 6.42 Å². The zero-order valence-corrected chi connectivity index (χ0v) is 6.06. The Morgan fingerprint density at radius 2 is 2.08 bits per heavy atom. The molecule has 0 amide bonds. The van der Waals surface area contributed by atoms with E-state index in [9.17, 15) is 18.0 Å². The normalized spacial score (nSPS) is 30.6. The van der Waals surface area contributed by atoms with Gasteiger partial charge in [0.1, 0.15) is 6.04 Å². The van der Waals surface area contributed by atoms with Crippen LogP contribution in [0, 0.1) is 5.92 Å². The molecule has 1 heterocycles. The number of hydrogen-bond acceptors (Lipinski definition) is 2. The molecule has 0 aromatic rings. The van der Waals surface area contributed by atoms with Gasteiger partial charge >= 0.3 is 12.1 Å². The fraction of sp³-hybridized carbons (Fsp3) is 0.833. The molecule has 12 heavy (non-hydrogen) atoms. The monoisotopic (exact) mass is 183 g/mol. The summed E-state index contributed by atoms with van der Waals surface area (Å²) in [7, 11) is 0. The van der Waals surface area contributed by atoms with Gasteiger partial charge in [-0.1, -0.05) is 0 Å². The zero-order chi connectivity index (χ0) is 9.35. The minimum absolute atomic E-state index is 0.0412. The molecule has 70 valence electrons. The van der Waals surface area contributed by atoms with Crippen molar-refractivity contribution in [3.8, 4) is 0 Å². The summed E-state index contributed by atoms with van der Waals surface area (Å²) in [5.74, 6) is -2.72. The lowest BCUT2D eigenvalue weighted by molar-refractivity contribution is -0.173. The van der Waals surface area contributed by atoms with Gasteiger partial charge in [-0.15, -0.1) is 0 Å². The van der Waals surface area contributed by atoms with Gasteiger partial charge in [0.05, 0.1) is 5.92 Å². The van der Waals surface area contributed by atoms with Gasteiger partial charge in [0.15, 0.2) is 0 Å². The van der Waals surface area contributed by atoms with E-state index in [1.54, 1.807) is 0 Å². The zero-order valence-electron chi connectivity index (χ0n) is 6.06. The van der Waals surface area contributed by atoms with E-state index >= 15 is 0 Å². The summed E-state index contributed by atoms with van der Waals surface area (Å²) < 4.78 is 36.1. The summed E-state index contributed by atoms with van der Waals surface area (Å²) in [6.07, 6.45) is -4.42. The van der Waals surface area contributed by atoms with E-state index in [1.165, 1.54) is 0 Å². The van der Waals surface area contributed by atoms with Crippen LogP contribution < -0.4 is 5.32 Å². The van der Waals surface area contributed by atoms with Gasteiger partial charge < -0.3 is 10.4 Å². The van der Waals surface area contributed by atoms with Crippen molar-refractivity contribution in [1.82, 2.24) is 5.32 Å². The molecule has 1 aliphatic heterocycles. The van der Waals surface area contributed by atoms with Crippen LogP contribution in [-0.4, -0.2) is 29.8 Å². The van der Waals surface area contributed by atoms with Crippen LogP contribution in [0.3, 0.4) is 0 Å². The van der Waals surface area contributed by atoms with Crippen molar-refractivity contribution >= 4 is 5.97 Å². The fourth-order valence-corrected chi connectivity index (χ4v) is 1.31. The van der Waals surface area contributed by atoms with Crippen molar-refractivity contribution < 1.29 is 23.1 Å². The van der Waals surface area contributed by atoms with Crippen molar-refractivity contribution in [1.29, 1.82) is 0 Å². The van der Waals surface area contributed by atoms with Gasteiger partial charge in [-0.3, -0.25) is 4.79 Å². The molecule has 0 aromatic carbocycles. The van der Waals surface area contributed by atoms with Crippen molar-refractivity contribution in [3.05, 3.63) is 0 Å². The van der Waals surface area contributed by atoms with E-state index in [0.29, 0.717) is 0 Å². The molecular formula is C6H8F3NO2. The van der Waals surface area contributed by atoms with E-state index in [2.05, 4.69) is 5.32 Å². The first-order valence-electron chi connectivity index (χ1n) is 3.46. The van der Waals surface area contributed by atoms with Crippen molar-refractivity contribution in [2.24, 2.45) is 5.92 Å². The topological polar surface area (TPSA) is 49.3 Å². The predicted octanol–water partition coefficient (Wildman–Crippen LogP) is 0.611. The Hall–Kier alpha value is -0.780. The molecule has 0 radical (unpaired) electrons. The summed E-state index contributed by atoms with van der Waals surface area (Å²) in [4.78, 5) is 10.3. The van der Waals surface area contributed by atoms with Crippen molar-refractivity contribution in [2.45, 2.75) is 18.6 Å². The molecule has 6 heteroatoms. The van der Waals surface area contributed by atoms with Crippen LogP contribution in [0.25, 0.3) is 0 Å². The van der Waals surface area contributed by atoms with Crippen LogP contribution >= 0.6 is 0 Å². The standard InChI is InChI=1S/C6H8F3NO2/c7-6(8,9)4-3(5(11)12)1-2-10-4/h3-4,10H,1-2H2,(H,11,12)/t3-,4-/m1/s1. The largest absolute Gasteiger partial charge is 0.481 e. The van der Waals surface area contributed by atoms with Crippen molar-refractivity contribution in [2.75, 3.05) is 6.54 Å². The molecule has 0 unspecified atom stereocenters. The summed E-state index contributed by atoms with van der Waals surface area (Å²) in [5, 5.41) is 10.5. The Labute approximate surface area is 66.6 Å². The molecule has 2 N–H and O–H groups in total. The van der Waals surface area contributed by atoms with E-state index in [1.807, 2.05) is 0 Å². The summed E-state index contributed by atoms with van der Waals surface area (Å²) in [6.45, 7) is 0.112. The highest BCUT2D eigenvalue weighted by Gasteiger charge is 2.49. The van der Waals surface area contributed by atoms with Crippen LogP contribution in [0.15, 0.2) is 0 Å². The molecular weight excluding hydrogens is 175 g/mol. The number of aliphatic carboxylic acids is 1. The average molecular weight is 183 g/mol. The smallest absolute Gasteiger partial charge is 0.404 e. The molecule has 0 aromatic heterocycles. The first-order valence-corrected chi connectivity index (χ1v) is 3.46. The molecule has 2 atom stereocenters. The number of halogens is 3. The van der Waals surface area contributed by atoms with Gasteiger partial charge in [-0.05, 0) is 13.0 Å². The number of rotatable bonds is 1. The fourth-order valence-electron chi connectivity index (χ4n) is 1.31. The highest BCUT2D eigenvalue weighted by Crippen LogP contribution is 2.30. The van der Waals surface area contributed by atoms with Crippen LogP contribution in [-0.2, 0) is 4.79 Å². The van der Waals surface area contributed by atoms with E-state index in [0.717, 1.165) is 0 Å². The molecule has 3 nitrogen and oxygen atoms in total. The molecule has 1 saturated heterocycles. The third kappa shape index (κ3) is 1.69. The third-order valence-corrected chi connectivity index (χ3v) is 1.89. The van der Waals surface area contributed by atoms with Gasteiger partial charge in [0, 0.05) is 0 Å². The lowest BCUT2D eigenvalue weighted by Gasteiger charge is -2.18. The Kier molecular flexibility index (Phi) is 2.27. The SMILES string of the molecule is O=C(O)[C@@H]1CCN[C@H]1C(F)(F)F. The van der Waals surface area contributed by atoms with Gasteiger partial charge in [-0.25, -0.2) is 0 Å². The third-order valence-electron chi connectivity index (χ3n) is 1.89. The Morgan fingerprint density at radius 3 is 2.42 bits per heavy atom.